The molecule has 0 N–H and O–H groups in total. The van der Waals surface area contributed by atoms with E-state index in [0.717, 1.165) is 17.3 Å². The largest absolute Gasteiger partial charge is 0.274 e. The highest BCUT2D eigenvalue weighted by molar-refractivity contribution is 5.73. The summed E-state index contributed by atoms with van der Waals surface area (Å²) >= 11 is 0. The van der Waals surface area contributed by atoms with Crippen LogP contribution in [0, 0.1) is 25.5 Å². The van der Waals surface area contributed by atoms with Crippen molar-refractivity contribution < 1.29 is 13.5 Å². The molecule has 0 saturated carbocycles. The highest BCUT2D eigenvalue weighted by Gasteiger charge is 2.28. The molecule has 0 atom stereocenters. The molecule has 4 heteroatoms. The van der Waals surface area contributed by atoms with E-state index in [4.69, 9.17) is 0 Å². The molecule has 0 fully saturated rings. The number of aromatic nitrogens is 2. The lowest BCUT2D eigenvalue weighted by Crippen LogP contribution is -2.41. The fourth-order valence-electron chi connectivity index (χ4n) is 3.95. The van der Waals surface area contributed by atoms with Crippen molar-refractivity contribution in [3.8, 4) is 16.8 Å². The highest BCUT2D eigenvalue weighted by Crippen LogP contribution is 2.37. The lowest BCUT2D eigenvalue weighted by molar-refractivity contribution is -0.684. The Hall–Kier alpha value is -2.49. The Balaban J connectivity index is 2.33. The molecule has 0 bridgehead atoms. The van der Waals surface area contributed by atoms with Crippen molar-refractivity contribution >= 4 is 0 Å². The van der Waals surface area contributed by atoms with Crippen LogP contribution in [0.15, 0.2) is 36.5 Å². The van der Waals surface area contributed by atoms with Crippen LogP contribution in [-0.2, 0) is 7.05 Å². The van der Waals surface area contributed by atoms with Gasteiger partial charge in [0.05, 0.1) is 18.3 Å². The highest BCUT2D eigenvalue weighted by atomic mass is 19.1. The zero-order chi connectivity index (χ0) is 20.7. The summed E-state index contributed by atoms with van der Waals surface area (Å²) in [6.45, 7) is 12.6. The third-order valence-corrected chi connectivity index (χ3v) is 5.54. The van der Waals surface area contributed by atoms with Crippen molar-refractivity contribution in [1.29, 1.82) is 0 Å². The van der Waals surface area contributed by atoms with Crippen LogP contribution in [0.25, 0.3) is 16.8 Å². The van der Waals surface area contributed by atoms with Gasteiger partial charge in [-0.1, -0.05) is 50.6 Å². The lowest BCUT2D eigenvalue weighted by Gasteiger charge is -2.18. The van der Waals surface area contributed by atoms with Gasteiger partial charge in [-0.25, -0.2) is 4.39 Å². The van der Waals surface area contributed by atoms with Gasteiger partial charge >= 0.3 is 0 Å². The summed E-state index contributed by atoms with van der Waals surface area (Å²) in [5.74, 6) is -0.384. The normalized spacial score (nSPS) is 11.7. The molecule has 0 radical (unpaired) electrons. The van der Waals surface area contributed by atoms with Gasteiger partial charge in [0.2, 0.25) is 6.20 Å². The van der Waals surface area contributed by atoms with Crippen LogP contribution < -0.4 is 4.68 Å². The molecular weight excluding hydrogens is 354 g/mol. The van der Waals surface area contributed by atoms with E-state index in [0.29, 0.717) is 23.1 Å². The molecule has 1 aromatic heterocycles. The van der Waals surface area contributed by atoms with Gasteiger partial charge in [0.25, 0.3) is 5.69 Å². The molecule has 0 amide bonds. The molecule has 0 aliphatic heterocycles. The van der Waals surface area contributed by atoms with Crippen LogP contribution in [0.2, 0.25) is 0 Å². The van der Waals surface area contributed by atoms with Crippen molar-refractivity contribution in [3.63, 3.8) is 0 Å². The predicted molar refractivity (Wildman–Crippen MR) is 110 cm³/mol. The van der Waals surface area contributed by atoms with Crippen LogP contribution in [0.4, 0.5) is 8.78 Å². The molecule has 2 aromatic carbocycles. The third-order valence-electron chi connectivity index (χ3n) is 5.54. The molecule has 0 aliphatic rings. The molecule has 3 rings (SSSR count). The smallest absolute Gasteiger partial charge is 0.207 e. The molecular formula is C24H29F2N2+. The quantitative estimate of drug-likeness (QED) is 0.481. The fraction of sp³-hybridized carbons (Fsp3) is 0.375. The van der Waals surface area contributed by atoms with Crippen LogP contribution in [0.5, 0.6) is 0 Å². The van der Waals surface area contributed by atoms with Gasteiger partial charge in [-0.05, 0) is 48.4 Å². The monoisotopic (exact) mass is 383 g/mol. The van der Waals surface area contributed by atoms with Gasteiger partial charge in [-0.15, -0.1) is 0 Å². The Morgan fingerprint density at radius 2 is 1.50 bits per heavy atom. The molecule has 0 aliphatic carbocycles. The summed E-state index contributed by atoms with van der Waals surface area (Å²) in [7, 11) is 1.91. The maximum absolute atomic E-state index is 14.7. The van der Waals surface area contributed by atoms with Gasteiger partial charge in [-0.2, -0.15) is 9.07 Å². The molecule has 0 unspecified atom stereocenters. The lowest BCUT2D eigenvalue weighted by atomic mass is 9.85. The molecule has 0 spiro atoms. The summed E-state index contributed by atoms with van der Waals surface area (Å²) in [4.78, 5) is 0. The van der Waals surface area contributed by atoms with Crippen molar-refractivity contribution in [2.24, 2.45) is 7.05 Å². The SMILES string of the molecule is Cc1cc(F)cc(F)c1-[n+]1cc(-c2c(C(C)C)cccc2C(C)C)c(C)n1C. The van der Waals surface area contributed by atoms with E-state index < -0.39 is 11.6 Å². The molecule has 1 heterocycles. The summed E-state index contributed by atoms with van der Waals surface area (Å²) in [5, 5.41) is 0. The number of hydrogen-bond donors (Lipinski definition) is 0. The minimum absolute atomic E-state index is 0.367. The van der Waals surface area contributed by atoms with E-state index >= 15 is 0 Å². The fourth-order valence-corrected chi connectivity index (χ4v) is 3.95. The van der Waals surface area contributed by atoms with E-state index in [9.17, 15) is 8.78 Å². The second-order valence-corrected chi connectivity index (χ2v) is 8.17. The summed E-state index contributed by atoms with van der Waals surface area (Å²) in [5.41, 5.74) is 6.85. The minimum Gasteiger partial charge on any atom is -0.207 e. The van der Waals surface area contributed by atoms with E-state index in [-0.39, 0.29) is 0 Å². The van der Waals surface area contributed by atoms with Crippen LogP contribution in [-0.4, -0.2) is 4.68 Å². The van der Waals surface area contributed by atoms with Gasteiger partial charge in [-0.3, -0.25) is 0 Å². The average molecular weight is 384 g/mol. The van der Waals surface area contributed by atoms with E-state index in [1.54, 1.807) is 11.6 Å². The van der Waals surface area contributed by atoms with Crippen LogP contribution in [0.1, 0.15) is 61.9 Å². The predicted octanol–water partition coefficient (Wildman–Crippen LogP) is 6.11. The van der Waals surface area contributed by atoms with Crippen molar-refractivity contribution in [2.45, 2.75) is 53.4 Å². The Labute approximate surface area is 166 Å². The van der Waals surface area contributed by atoms with E-state index in [2.05, 4.69) is 45.9 Å². The first-order chi connectivity index (χ1) is 13.1. The number of aryl methyl sites for hydroxylation is 1. The summed E-state index contributed by atoms with van der Waals surface area (Å²) in [6.07, 6.45) is 1.98. The standard InChI is InChI=1S/C24H29F2N2/c1-14(2)19-9-8-10-20(15(3)4)23(19)21-13-28(27(7)17(21)6)24-16(5)11-18(25)12-22(24)26/h8-15H,1-7H3/q+1. The maximum atomic E-state index is 14.7. The Morgan fingerprint density at radius 3 is 2.00 bits per heavy atom. The maximum Gasteiger partial charge on any atom is 0.274 e. The third kappa shape index (κ3) is 3.36. The average Bonchev–Trinajstić information content (AvgIpc) is 2.89. The van der Waals surface area contributed by atoms with Gasteiger partial charge in [0, 0.05) is 11.6 Å². The molecule has 148 valence electrons. The summed E-state index contributed by atoms with van der Waals surface area (Å²) in [6, 6.07) is 8.77. The van der Waals surface area contributed by atoms with Crippen LogP contribution in [0.3, 0.4) is 0 Å². The Bertz CT molecular complexity index is 980. The van der Waals surface area contributed by atoms with Crippen molar-refractivity contribution in [3.05, 3.63) is 70.5 Å². The second kappa shape index (κ2) is 7.50. The van der Waals surface area contributed by atoms with Gasteiger partial charge in [0.1, 0.15) is 5.82 Å². The molecule has 3 aromatic rings. The van der Waals surface area contributed by atoms with Crippen molar-refractivity contribution in [2.75, 3.05) is 0 Å². The van der Waals surface area contributed by atoms with Gasteiger partial charge < -0.3 is 0 Å². The molecule has 0 saturated heterocycles. The number of hydrogen-bond acceptors (Lipinski definition) is 0. The van der Waals surface area contributed by atoms with Crippen molar-refractivity contribution in [1.82, 2.24) is 4.68 Å². The number of benzene rings is 2. The second-order valence-electron chi connectivity index (χ2n) is 8.17. The van der Waals surface area contributed by atoms with E-state index in [1.807, 2.05) is 24.9 Å². The van der Waals surface area contributed by atoms with Crippen LogP contribution >= 0.6 is 0 Å². The number of rotatable bonds is 4. The van der Waals surface area contributed by atoms with Gasteiger partial charge in [0.15, 0.2) is 5.82 Å². The zero-order valence-electron chi connectivity index (χ0n) is 17.8. The molecule has 28 heavy (non-hydrogen) atoms. The first-order valence-corrected chi connectivity index (χ1v) is 9.80. The minimum atomic E-state index is -0.559. The zero-order valence-corrected chi connectivity index (χ0v) is 17.8. The Kier molecular flexibility index (Phi) is 5.42. The molecule has 2 nitrogen and oxygen atoms in total. The summed E-state index contributed by atoms with van der Waals surface area (Å²) < 4.78 is 32.0. The van der Waals surface area contributed by atoms with E-state index in [1.165, 1.54) is 22.8 Å². The topological polar surface area (TPSA) is 8.81 Å². The number of halogens is 2. The first kappa shape index (κ1) is 20.2. The first-order valence-electron chi connectivity index (χ1n) is 9.80. The number of nitrogens with zero attached hydrogens (tertiary/aromatic N) is 2. The Morgan fingerprint density at radius 1 is 0.929 bits per heavy atom.